The van der Waals surface area contributed by atoms with Crippen molar-refractivity contribution in [3.05, 3.63) is 41.3 Å². The Bertz CT molecular complexity index is 945. The fraction of sp³-hybridized carbons (Fsp3) is 0.316. The van der Waals surface area contributed by atoms with Crippen molar-refractivity contribution in [3.8, 4) is 9.88 Å². The van der Waals surface area contributed by atoms with E-state index in [1.165, 1.54) is 11.3 Å². The van der Waals surface area contributed by atoms with Gasteiger partial charge in [0, 0.05) is 6.54 Å². The number of rotatable bonds is 3. The molecule has 2 amide bonds. The monoisotopic (exact) mass is 385 g/mol. The van der Waals surface area contributed by atoms with Crippen molar-refractivity contribution in [2.45, 2.75) is 25.8 Å². The highest BCUT2D eigenvalue weighted by Gasteiger charge is 2.34. The van der Waals surface area contributed by atoms with Crippen LogP contribution in [0.5, 0.6) is 0 Å². The molecule has 0 bridgehead atoms. The number of thiophene rings is 1. The maximum atomic E-state index is 12.9. The fourth-order valence-electron chi connectivity index (χ4n) is 3.34. The molecule has 0 radical (unpaired) electrons. The molecular formula is C19H19N3O2S2. The third kappa shape index (κ3) is 3.12. The minimum atomic E-state index is -0.515. The molecule has 0 spiro atoms. The summed E-state index contributed by atoms with van der Waals surface area (Å²) in [5, 5.41) is 0.911. The van der Waals surface area contributed by atoms with E-state index in [-0.39, 0.29) is 5.91 Å². The van der Waals surface area contributed by atoms with Crippen LogP contribution in [0.15, 0.2) is 36.4 Å². The topological polar surface area (TPSA) is 76.3 Å². The molecule has 1 aliphatic heterocycles. The first kappa shape index (κ1) is 17.2. The zero-order chi connectivity index (χ0) is 18.3. The van der Waals surface area contributed by atoms with E-state index in [0.29, 0.717) is 23.8 Å². The number of hydrogen-bond acceptors (Lipinski definition) is 5. The average Bonchev–Trinajstić information content (AvgIpc) is 3.27. The summed E-state index contributed by atoms with van der Waals surface area (Å²) in [6, 6.07) is 11.2. The van der Waals surface area contributed by atoms with Crippen LogP contribution in [0.2, 0.25) is 0 Å². The molecule has 1 fully saturated rings. The van der Waals surface area contributed by atoms with Gasteiger partial charge >= 0.3 is 0 Å². The molecule has 3 heterocycles. The first-order valence-corrected chi connectivity index (χ1v) is 10.2. The molecule has 26 heavy (non-hydrogen) atoms. The van der Waals surface area contributed by atoms with Gasteiger partial charge in [-0.2, -0.15) is 0 Å². The number of aromatic nitrogens is 1. The predicted octanol–water partition coefficient (Wildman–Crippen LogP) is 3.75. The molecule has 2 unspecified atom stereocenters. The highest BCUT2D eigenvalue weighted by Crippen LogP contribution is 2.35. The lowest BCUT2D eigenvalue weighted by atomic mass is 9.92. The van der Waals surface area contributed by atoms with Gasteiger partial charge in [0.2, 0.25) is 5.91 Å². The van der Waals surface area contributed by atoms with Crippen LogP contribution < -0.4 is 5.73 Å². The Morgan fingerprint density at radius 2 is 2.00 bits per heavy atom. The Hall–Kier alpha value is -2.25. The Labute approximate surface area is 159 Å². The van der Waals surface area contributed by atoms with Gasteiger partial charge in [0.1, 0.15) is 11.0 Å². The van der Waals surface area contributed by atoms with Crippen molar-refractivity contribution in [1.29, 1.82) is 0 Å². The molecule has 1 saturated heterocycles. The molecule has 3 aromatic rings. The number of amides is 2. The molecule has 134 valence electrons. The number of para-hydroxylation sites is 1. The molecule has 0 saturated carbocycles. The van der Waals surface area contributed by atoms with Crippen LogP contribution >= 0.6 is 22.7 Å². The third-order valence-electron chi connectivity index (χ3n) is 4.78. The molecule has 2 N–H and O–H groups in total. The number of primary amides is 1. The second-order valence-corrected chi connectivity index (χ2v) is 8.81. The number of nitrogens with two attached hydrogens (primary N) is 1. The van der Waals surface area contributed by atoms with E-state index < -0.39 is 11.9 Å². The van der Waals surface area contributed by atoms with Crippen LogP contribution in [0.3, 0.4) is 0 Å². The number of hydrogen-bond donors (Lipinski definition) is 1. The lowest BCUT2D eigenvalue weighted by Crippen LogP contribution is -2.51. The maximum absolute atomic E-state index is 12.9. The SMILES string of the molecule is CC1CCN(C(=O)c2ccc(-c3nc4ccccc4s3)s2)C(C(N)=O)C1. The number of nitrogens with zero attached hydrogens (tertiary/aromatic N) is 2. The number of carbonyl (C=O) groups is 2. The van der Waals surface area contributed by atoms with E-state index >= 15 is 0 Å². The highest BCUT2D eigenvalue weighted by molar-refractivity contribution is 7.26. The minimum absolute atomic E-state index is 0.113. The number of likely N-dealkylation sites (tertiary alicyclic amines) is 1. The van der Waals surface area contributed by atoms with Crippen molar-refractivity contribution in [3.63, 3.8) is 0 Å². The van der Waals surface area contributed by atoms with E-state index in [0.717, 1.165) is 26.5 Å². The average molecular weight is 386 g/mol. The van der Waals surface area contributed by atoms with Gasteiger partial charge in [-0.15, -0.1) is 22.7 Å². The Morgan fingerprint density at radius 1 is 1.19 bits per heavy atom. The Morgan fingerprint density at radius 3 is 2.77 bits per heavy atom. The molecule has 1 aliphatic rings. The number of carbonyl (C=O) groups excluding carboxylic acids is 2. The van der Waals surface area contributed by atoms with Gasteiger partial charge in [-0.3, -0.25) is 9.59 Å². The first-order valence-electron chi connectivity index (χ1n) is 8.59. The highest BCUT2D eigenvalue weighted by atomic mass is 32.1. The smallest absolute Gasteiger partial charge is 0.264 e. The first-order chi connectivity index (χ1) is 12.5. The quantitative estimate of drug-likeness (QED) is 0.746. The van der Waals surface area contributed by atoms with Gasteiger partial charge < -0.3 is 10.6 Å². The molecule has 5 nitrogen and oxygen atoms in total. The lowest BCUT2D eigenvalue weighted by molar-refractivity contribution is -0.124. The maximum Gasteiger partial charge on any atom is 0.264 e. The number of thiazole rings is 1. The molecule has 7 heteroatoms. The lowest BCUT2D eigenvalue weighted by Gasteiger charge is -2.36. The van der Waals surface area contributed by atoms with E-state index in [2.05, 4.69) is 11.9 Å². The summed E-state index contributed by atoms with van der Waals surface area (Å²) in [5.74, 6) is -0.135. The number of benzene rings is 1. The van der Waals surface area contributed by atoms with Crippen molar-refractivity contribution in [2.75, 3.05) is 6.54 Å². The van der Waals surface area contributed by atoms with Crippen LogP contribution in [0.1, 0.15) is 29.4 Å². The van der Waals surface area contributed by atoms with Gasteiger partial charge in [0.25, 0.3) is 5.91 Å². The van der Waals surface area contributed by atoms with Gasteiger partial charge in [-0.05, 0) is 43.0 Å². The van der Waals surface area contributed by atoms with Crippen molar-refractivity contribution < 1.29 is 9.59 Å². The standard InChI is InChI=1S/C19H19N3O2S2/c1-11-8-9-22(13(10-11)17(20)23)19(24)16-7-6-15(25-16)18-21-12-4-2-3-5-14(12)26-18/h2-7,11,13H,8-10H2,1H3,(H2,20,23). The number of piperidine rings is 1. The zero-order valence-corrected chi connectivity index (χ0v) is 16.0. The third-order valence-corrected chi connectivity index (χ3v) is 7.05. The van der Waals surface area contributed by atoms with Gasteiger partial charge in [0.15, 0.2) is 0 Å². The van der Waals surface area contributed by atoms with Crippen molar-refractivity contribution in [2.24, 2.45) is 11.7 Å². The minimum Gasteiger partial charge on any atom is -0.368 e. The molecule has 4 rings (SSSR count). The normalized spacial score (nSPS) is 20.4. The largest absolute Gasteiger partial charge is 0.368 e. The summed E-state index contributed by atoms with van der Waals surface area (Å²) in [7, 11) is 0. The Balaban J connectivity index is 1.60. The van der Waals surface area contributed by atoms with Crippen LogP contribution in [0.4, 0.5) is 0 Å². The van der Waals surface area contributed by atoms with Gasteiger partial charge in [0.05, 0.1) is 20.0 Å². The molecule has 2 atom stereocenters. The van der Waals surface area contributed by atoms with Crippen LogP contribution in [0.25, 0.3) is 20.1 Å². The van der Waals surface area contributed by atoms with Gasteiger partial charge in [-0.25, -0.2) is 4.98 Å². The van der Waals surface area contributed by atoms with Crippen LogP contribution in [-0.4, -0.2) is 34.3 Å². The molecule has 0 aliphatic carbocycles. The van der Waals surface area contributed by atoms with Crippen LogP contribution in [-0.2, 0) is 4.79 Å². The van der Waals surface area contributed by atoms with E-state index in [9.17, 15) is 9.59 Å². The predicted molar refractivity (Wildman–Crippen MR) is 105 cm³/mol. The zero-order valence-electron chi connectivity index (χ0n) is 14.3. The Kier molecular flexibility index (Phi) is 4.50. The number of fused-ring (bicyclic) bond motifs is 1. The second-order valence-electron chi connectivity index (χ2n) is 6.70. The summed E-state index contributed by atoms with van der Waals surface area (Å²) in [4.78, 5) is 32.6. The van der Waals surface area contributed by atoms with E-state index in [4.69, 9.17) is 5.73 Å². The fourth-order valence-corrected chi connectivity index (χ4v) is 5.32. The summed E-state index contributed by atoms with van der Waals surface area (Å²) >= 11 is 3.04. The summed E-state index contributed by atoms with van der Waals surface area (Å²) in [5.41, 5.74) is 6.50. The van der Waals surface area contributed by atoms with Crippen LogP contribution in [0, 0.1) is 5.92 Å². The van der Waals surface area contributed by atoms with Crippen molar-refractivity contribution in [1.82, 2.24) is 9.88 Å². The van der Waals surface area contributed by atoms with Gasteiger partial charge in [-0.1, -0.05) is 19.1 Å². The summed E-state index contributed by atoms with van der Waals surface area (Å²) in [6.45, 7) is 2.66. The molecule has 2 aromatic heterocycles. The summed E-state index contributed by atoms with van der Waals surface area (Å²) < 4.78 is 1.13. The van der Waals surface area contributed by atoms with E-state index in [1.54, 1.807) is 16.2 Å². The molecule has 1 aromatic carbocycles. The van der Waals surface area contributed by atoms with E-state index in [1.807, 2.05) is 36.4 Å². The molecular weight excluding hydrogens is 366 g/mol. The van der Waals surface area contributed by atoms with Crippen molar-refractivity contribution >= 4 is 44.7 Å². The second kappa shape index (κ2) is 6.81. The summed E-state index contributed by atoms with van der Waals surface area (Å²) in [6.07, 6.45) is 1.53.